The van der Waals surface area contributed by atoms with Gasteiger partial charge in [0.1, 0.15) is 5.82 Å². The Bertz CT molecular complexity index is 800. The van der Waals surface area contributed by atoms with Crippen LogP contribution in [0.15, 0.2) is 36.7 Å². The van der Waals surface area contributed by atoms with Crippen molar-refractivity contribution in [1.82, 2.24) is 24.7 Å². The third kappa shape index (κ3) is 10.8. The Kier molecular flexibility index (Phi) is 13.5. The molecule has 0 aliphatic heterocycles. The fraction of sp³-hybridized carbons (Fsp3) is 0.630. The summed E-state index contributed by atoms with van der Waals surface area (Å²) in [5, 5.41) is 3.45. The maximum atomic E-state index is 12.2. The third-order valence-corrected chi connectivity index (χ3v) is 5.90. The molecular formula is C27H45N5O2. The van der Waals surface area contributed by atoms with E-state index in [1.165, 1.54) is 37.1 Å². The number of benzene rings is 1. The summed E-state index contributed by atoms with van der Waals surface area (Å²) < 4.78 is 7.24. The molecule has 7 nitrogen and oxygen atoms in total. The van der Waals surface area contributed by atoms with Gasteiger partial charge >= 0.3 is 5.97 Å². The number of carbonyl (C=O) groups is 1. The number of carbonyl (C=O) groups excluding carboxylic acids is 1. The van der Waals surface area contributed by atoms with Crippen LogP contribution in [0, 0.1) is 0 Å². The number of unbranched alkanes of at least 4 members (excludes halogenated alkanes) is 1. The van der Waals surface area contributed by atoms with Gasteiger partial charge in [0.2, 0.25) is 0 Å². The summed E-state index contributed by atoms with van der Waals surface area (Å²) in [4.78, 5) is 21.3. The molecule has 2 aromatic rings. The zero-order valence-electron chi connectivity index (χ0n) is 21.8. The van der Waals surface area contributed by atoms with E-state index in [0.717, 1.165) is 51.4 Å². The number of ether oxygens (including phenoxy) is 1. The first-order chi connectivity index (χ1) is 16.5. The quantitative estimate of drug-likeness (QED) is 0.262. The maximum absolute atomic E-state index is 12.2. The van der Waals surface area contributed by atoms with Crippen molar-refractivity contribution in [3.8, 4) is 0 Å². The standard InChI is InChI=1S/C27H45N5O2/c1-5-15-31(16-6-2)17-8-9-18-32(23-27(33)34-7-3)22-25-12-10-24(11-13-25)20-28-21-26-29-14-19-30(26)4/h10-14,19,28H,5-9,15-18,20-23H2,1-4H3. The number of esters is 1. The van der Waals surface area contributed by atoms with Crippen LogP contribution in [-0.2, 0) is 36.2 Å². The average Bonchev–Trinajstić information content (AvgIpc) is 3.22. The molecule has 0 atom stereocenters. The molecule has 2 rings (SSSR count). The molecule has 1 heterocycles. The van der Waals surface area contributed by atoms with E-state index in [0.29, 0.717) is 13.2 Å². The van der Waals surface area contributed by atoms with Crippen LogP contribution in [-0.4, -0.2) is 64.7 Å². The largest absolute Gasteiger partial charge is 0.465 e. The van der Waals surface area contributed by atoms with Crippen LogP contribution in [0.2, 0.25) is 0 Å². The van der Waals surface area contributed by atoms with E-state index in [1.807, 2.05) is 30.9 Å². The van der Waals surface area contributed by atoms with E-state index in [4.69, 9.17) is 4.74 Å². The summed E-state index contributed by atoms with van der Waals surface area (Å²) in [5.41, 5.74) is 2.46. The smallest absolute Gasteiger partial charge is 0.320 e. The summed E-state index contributed by atoms with van der Waals surface area (Å²) in [6.45, 7) is 13.8. The molecule has 0 aliphatic rings. The van der Waals surface area contributed by atoms with E-state index in [-0.39, 0.29) is 5.97 Å². The van der Waals surface area contributed by atoms with Gasteiger partial charge in [0.15, 0.2) is 0 Å². The lowest BCUT2D eigenvalue weighted by Crippen LogP contribution is -2.32. The van der Waals surface area contributed by atoms with Gasteiger partial charge in [-0.05, 0) is 69.9 Å². The van der Waals surface area contributed by atoms with Gasteiger partial charge in [-0.1, -0.05) is 38.1 Å². The monoisotopic (exact) mass is 471 g/mol. The summed E-state index contributed by atoms with van der Waals surface area (Å²) in [6, 6.07) is 8.66. The molecule has 0 aliphatic carbocycles. The molecule has 1 aromatic carbocycles. The van der Waals surface area contributed by atoms with Gasteiger partial charge in [-0.2, -0.15) is 0 Å². The molecular weight excluding hydrogens is 426 g/mol. The molecule has 0 saturated heterocycles. The molecule has 1 N–H and O–H groups in total. The molecule has 0 fully saturated rings. The highest BCUT2D eigenvalue weighted by molar-refractivity contribution is 5.71. The van der Waals surface area contributed by atoms with E-state index in [2.05, 4.69) is 58.2 Å². The topological polar surface area (TPSA) is 62.6 Å². The number of hydrogen-bond acceptors (Lipinski definition) is 6. The summed E-state index contributed by atoms with van der Waals surface area (Å²) in [6.07, 6.45) is 8.41. The van der Waals surface area contributed by atoms with Gasteiger partial charge < -0.3 is 19.5 Å². The number of imidazole rings is 1. The van der Waals surface area contributed by atoms with Crippen molar-refractivity contribution in [3.63, 3.8) is 0 Å². The number of aromatic nitrogens is 2. The van der Waals surface area contributed by atoms with Gasteiger partial charge in [0, 0.05) is 32.5 Å². The van der Waals surface area contributed by atoms with Crippen molar-refractivity contribution in [2.45, 2.75) is 66.1 Å². The Morgan fingerprint density at radius 1 is 0.941 bits per heavy atom. The minimum Gasteiger partial charge on any atom is -0.465 e. The number of aryl methyl sites for hydroxylation is 1. The second-order valence-corrected chi connectivity index (χ2v) is 8.94. The lowest BCUT2D eigenvalue weighted by Gasteiger charge is -2.24. The highest BCUT2D eigenvalue weighted by Crippen LogP contribution is 2.10. The van der Waals surface area contributed by atoms with Crippen LogP contribution in [0.4, 0.5) is 0 Å². The Hall–Kier alpha value is -2.22. The number of hydrogen-bond donors (Lipinski definition) is 1. The Morgan fingerprint density at radius 2 is 1.59 bits per heavy atom. The van der Waals surface area contributed by atoms with Crippen LogP contribution in [0.3, 0.4) is 0 Å². The number of nitrogens with one attached hydrogen (secondary N) is 1. The maximum Gasteiger partial charge on any atom is 0.320 e. The highest BCUT2D eigenvalue weighted by atomic mass is 16.5. The van der Waals surface area contributed by atoms with Crippen molar-refractivity contribution in [3.05, 3.63) is 53.6 Å². The fourth-order valence-corrected chi connectivity index (χ4v) is 4.15. The van der Waals surface area contributed by atoms with Gasteiger partial charge in [-0.15, -0.1) is 0 Å². The van der Waals surface area contributed by atoms with Crippen molar-refractivity contribution in [2.75, 3.05) is 39.3 Å². The summed E-state index contributed by atoms with van der Waals surface area (Å²) in [7, 11) is 2.01. The Balaban J connectivity index is 1.83. The molecule has 34 heavy (non-hydrogen) atoms. The molecule has 0 spiro atoms. The SMILES string of the molecule is CCCN(CCC)CCCCN(CC(=O)OCC)Cc1ccc(CNCc2nccn2C)cc1. The third-order valence-electron chi connectivity index (χ3n) is 5.90. The normalized spacial score (nSPS) is 11.5. The van der Waals surface area contributed by atoms with Crippen LogP contribution in [0.25, 0.3) is 0 Å². The minimum atomic E-state index is -0.142. The highest BCUT2D eigenvalue weighted by Gasteiger charge is 2.13. The van der Waals surface area contributed by atoms with E-state index in [9.17, 15) is 4.79 Å². The summed E-state index contributed by atoms with van der Waals surface area (Å²) in [5.74, 6) is 0.884. The first kappa shape index (κ1) is 28.0. The number of rotatable bonds is 18. The predicted molar refractivity (Wildman–Crippen MR) is 138 cm³/mol. The molecule has 190 valence electrons. The molecule has 0 bridgehead atoms. The predicted octanol–water partition coefficient (Wildman–Crippen LogP) is 3.98. The van der Waals surface area contributed by atoms with E-state index in [1.54, 1.807) is 0 Å². The Morgan fingerprint density at radius 3 is 2.18 bits per heavy atom. The van der Waals surface area contributed by atoms with E-state index < -0.39 is 0 Å². The first-order valence-electron chi connectivity index (χ1n) is 12.9. The van der Waals surface area contributed by atoms with Crippen molar-refractivity contribution < 1.29 is 9.53 Å². The second-order valence-electron chi connectivity index (χ2n) is 8.94. The fourth-order valence-electron chi connectivity index (χ4n) is 4.15. The Labute approximate surface area is 206 Å². The van der Waals surface area contributed by atoms with Gasteiger partial charge in [0.25, 0.3) is 0 Å². The van der Waals surface area contributed by atoms with Crippen molar-refractivity contribution in [1.29, 1.82) is 0 Å². The lowest BCUT2D eigenvalue weighted by molar-refractivity contribution is -0.144. The van der Waals surface area contributed by atoms with Crippen LogP contribution >= 0.6 is 0 Å². The van der Waals surface area contributed by atoms with Gasteiger partial charge in [-0.3, -0.25) is 9.69 Å². The van der Waals surface area contributed by atoms with Crippen LogP contribution in [0.1, 0.15) is 63.4 Å². The lowest BCUT2D eigenvalue weighted by atomic mass is 10.1. The second kappa shape index (κ2) is 16.4. The average molecular weight is 472 g/mol. The zero-order valence-corrected chi connectivity index (χ0v) is 21.8. The minimum absolute atomic E-state index is 0.142. The summed E-state index contributed by atoms with van der Waals surface area (Å²) >= 11 is 0. The zero-order chi connectivity index (χ0) is 24.6. The number of nitrogens with zero attached hydrogens (tertiary/aromatic N) is 4. The van der Waals surface area contributed by atoms with Crippen molar-refractivity contribution in [2.24, 2.45) is 7.05 Å². The molecule has 7 heteroatoms. The van der Waals surface area contributed by atoms with E-state index >= 15 is 0 Å². The van der Waals surface area contributed by atoms with Crippen LogP contribution in [0.5, 0.6) is 0 Å². The molecule has 0 radical (unpaired) electrons. The van der Waals surface area contributed by atoms with Crippen molar-refractivity contribution >= 4 is 5.97 Å². The molecule has 0 unspecified atom stereocenters. The molecule has 0 amide bonds. The molecule has 0 saturated carbocycles. The van der Waals surface area contributed by atoms with Gasteiger partial charge in [-0.25, -0.2) is 4.98 Å². The first-order valence-corrected chi connectivity index (χ1v) is 12.9. The van der Waals surface area contributed by atoms with Crippen LogP contribution < -0.4 is 5.32 Å². The van der Waals surface area contributed by atoms with Gasteiger partial charge in [0.05, 0.1) is 19.7 Å². The molecule has 1 aromatic heterocycles.